The van der Waals surface area contributed by atoms with Gasteiger partial charge in [0.2, 0.25) is 0 Å². The quantitative estimate of drug-likeness (QED) is 0.568. The second kappa shape index (κ2) is 2.07. The first kappa shape index (κ1) is 9.44. The maximum Gasteiger partial charge on any atom is 0.140 e. The van der Waals surface area contributed by atoms with Gasteiger partial charge in [0, 0.05) is 17.3 Å². The van der Waals surface area contributed by atoms with Crippen LogP contribution in [-0.4, -0.2) is 5.78 Å². The summed E-state index contributed by atoms with van der Waals surface area (Å²) >= 11 is 0. The highest BCUT2D eigenvalue weighted by atomic mass is 16.1. The molecule has 4 aliphatic carbocycles. The topological polar surface area (TPSA) is 17.1 Å². The van der Waals surface area contributed by atoms with E-state index in [2.05, 4.69) is 27.4 Å². The summed E-state index contributed by atoms with van der Waals surface area (Å²) in [6, 6.07) is 0. The van der Waals surface area contributed by atoms with E-state index >= 15 is 0 Å². The first-order chi connectivity index (χ1) is 7.39. The molecule has 1 heteroatoms. The predicted octanol–water partition coefficient (Wildman–Crippen LogP) is 3.20. The van der Waals surface area contributed by atoms with E-state index < -0.39 is 0 Å². The smallest absolute Gasteiger partial charge is 0.140 e. The second-order valence-corrected chi connectivity index (χ2v) is 7.30. The molecule has 1 unspecified atom stereocenters. The van der Waals surface area contributed by atoms with E-state index in [1.54, 1.807) is 0 Å². The van der Waals surface area contributed by atoms with Gasteiger partial charge < -0.3 is 0 Å². The molecule has 4 rings (SSSR count). The maximum absolute atomic E-state index is 12.4. The van der Waals surface area contributed by atoms with Crippen LogP contribution in [0.3, 0.4) is 0 Å². The first-order valence-electron chi connectivity index (χ1n) is 6.61. The molecule has 1 spiro atoms. The zero-order chi connectivity index (χ0) is 11.5. The number of hydrogen-bond acceptors (Lipinski definition) is 1. The highest BCUT2D eigenvalue weighted by Gasteiger charge is 2.90. The van der Waals surface area contributed by atoms with Crippen molar-refractivity contribution < 1.29 is 4.79 Å². The van der Waals surface area contributed by atoms with E-state index in [4.69, 9.17) is 0 Å². The van der Waals surface area contributed by atoms with E-state index in [9.17, 15) is 4.79 Å². The van der Waals surface area contributed by atoms with Crippen molar-refractivity contribution in [2.75, 3.05) is 0 Å². The summed E-state index contributed by atoms with van der Waals surface area (Å²) in [5.41, 5.74) is 2.05. The van der Waals surface area contributed by atoms with Crippen molar-refractivity contribution in [2.45, 2.75) is 40.0 Å². The molecule has 4 aliphatic rings. The second-order valence-electron chi connectivity index (χ2n) is 7.30. The third-order valence-electron chi connectivity index (χ3n) is 6.87. The van der Waals surface area contributed by atoms with Crippen molar-refractivity contribution in [1.82, 2.24) is 0 Å². The first-order valence-corrected chi connectivity index (χ1v) is 6.61. The Balaban J connectivity index is 1.91. The lowest BCUT2D eigenvalue weighted by atomic mass is 9.74. The van der Waals surface area contributed by atoms with Crippen molar-refractivity contribution in [3.63, 3.8) is 0 Å². The molecule has 0 heterocycles. The summed E-state index contributed by atoms with van der Waals surface area (Å²) in [5.74, 6) is 2.62. The zero-order valence-corrected chi connectivity index (χ0v) is 10.5. The van der Waals surface area contributed by atoms with Crippen molar-refractivity contribution in [3.8, 4) is 0 Å². The Morgan fingerprint density at radius 1 is 1.31 bits per heavy atom. The number of rotatable bonds is 0. The van der Waals surface area contributed by atoms with Gasteiger partial charge in [-0.1, -0.05) is 32.9 Å². The molecule has 1 nitrogen and oxygen atoms in total. The van der Waals surface area contributed by atoms with E-state index in [1.165, 1.54) is 18.4 Å². The number of hydrogen-bond donors (Lipinski definition) is 0. The molecule has 0 saturated heterocycles. The minimum Gasteiger partial charge on any atom is -0.299 e. The third-order valence-corrected chi connectivity index (χ3v) is 6.87. The van der Waals surface area contributed by atoms with Gasteiger partial charge in [-0.3, -0.25) is 4.79 Å². The summed E-state index contributed by atoms with van der Waals surface area (Å²) in [7, 11) is 0. The lowest BCUT2D eigenvalue weighted by Gasteiger charge is -2.28. The van der Waals surface area contributed by atoms with Crippen LogP contribution in [0.4, 0.5) is 0 Å². The van der Waals surface area contributed by atoms with Crippen LogP contribution in [0.25, 0.3) is 0 Å². The molecular weight excluding hydrogens is 196 g/mol. The van der Waals surface area contributed by atoms with Crippen LogP contribution in [0.1, 0.15) is 40.0 Å². The standard InChI is InChI=1S/C15H20O/c1-8-5-6-10-14(4)11(16)7-9-12(13(9,2)3)15(8,10)14/h9-10,12H,1,5-7H2,2-4H3/t9-,10-,12+,14+,15?/m0/s1. The number of fused-ring (bicyclic) bond motifs is 2. The van der Waals surface area contributed by atoms with Crippen LogP contribution in [0, 0.1) is 34.0 Å². The predicted molar refractivity (Wildman–Crippen MR) is 62.8 cm³/mol. The fourth-order valence-electron chi connectivity index (χ4n) is 6.02. The van der Waals surface area contributed by atoms with Gasteiger partial charge in [0.15, 0.2) is 0 Å². The van der Waals surface area contributed by atoms with Crippen molar-refractivity contribution in [3.05, 3.63) is 12.2 Å². The lowest BCUT2D eigenvalue weighted by molar-refractivity contribution is -0.127. The molecule has 0 aromatic rings. The average Bonchev–Trinajstić information content (AvgIpc) is 2.86. The van der Waals surface area contributed by atoms with Gasteiger partial charge in [-0.25, -0.2) is 0 Å². The molecule has 0 aromatic heterocycles. The Bertz CT molecular complexity index is 444. The van der Waals surface area contributed by atoms with E-state index in [0.717, 1.165) is 12.3 Å². The summed E-state index contributed by atoms with van der Waals surface area (Å²) < 4.78 is 0. The van der Waals surface area contributed by atoms with E-state index in [1.807, 2.05) is 0 Å². The van der Waals surface area contributed by atoms with Crippen molar-refractivity contribution in [1.29, 1.82) is 0 Å². The molecule has 4 fully saturated rings. The monoisotopic (exact) mass is 216 g/mol. The third kappa shape index (κ3) is 0.585. The van der Waals surface area contributed by atoms with Crippen molar-refractivity contribution in [2.24, 2.45) is 34.0 Å². The lowest BCUT2D eigenvalue weighted by Crippen LogP contribution is -2.29. The van der Waals surface area contributed by atoms with Crippen LogP contribution in [0.15, 0.2) is 12.2 Å². The van der Waals surface area contributed by atoms with Crippen LogP contribution >= 0.6 is 0 Å². The number of Topliss-reactive ketones (excluding diaryl/α,β-unsaturated/α-hetero) is 1. The minimum atomic E-state index is -0.00271. The van der Waals surface area contributed by atoms with Gasteiger partial charge in [-0.2, -0.15) is 0 Å². The molecule has 0 N–H and O–H groups in total. The average molecular weight is 216 g/mol. The Hall–Kier alpha value is -0.590. The Labute approximate surface area is 97.3 Å². The zero-order valence-electron chi connectivity index (χ0n) is 10.5. The summed E-state index contributed by atoms with van der Waals surface area (Å²) in [5, 5.41) is 0. The molecule has 0 aromatic carbocycles. The fourth-order valence-corrected chi connectivity index (χ4v) is 6.02. The summed E-state index contributed by atoms with van der Waals surface area (Å²) in [4.78, 5) is 12.4. The van der Waals surface area contributed by atoms with Crippen LogP contribution in [0.5, 0.6) is 0 Å². The molecule has 0 bridgehead atoms. The van der Waals surface area contributed by atoms with Crippen LogP contribution in [0.2, 0.25) is 0 Å². The van der Waals surface area contributed by atoms with E-state index in [0.29, 0.717) is 23.0 Å². The minimum absolute atomic E-state index is 0.00271. The van der Waals surface area contributed by atoms with Gasteiger partial charge >= 0.3 is 0 Å². The SMILES string of the molecule is C=C1CC[C@@H]2C13[C@@H]1[C@H](CC(=O)[C@@]23C)C1(C)C. The Morgan fingerprint density at radius 3 is 2.69 bits per heavy atom. The Kier molecular flexibility index (Phi) is 1.22. The number of ketones is 1. The van der Waals surface area contributed by atoms with Gasteiger partial charge in [0.1, 0.15) is 5.78 Å². The normalized spacial score (nSPS) is 60.1. The molecule has 16 heavy (non-hydrogen) atoms. The van der Waals surface area contributed by atoms with Gasteiger partial charge in [0.25, 0.3) is 0 Å². The molecule has 0 aliphatic heterocycles. The molecule has 0 amide bonds. The van der Waals surface area contributed by atoms with Gasteiger partial charge in [0.05, 0.1) is 0 Å². The fraction of sp³-hybridized carbons (Fsp3) is 0.800. The van der Waals surface area contributed by atoms with Gasteiger partial charge in [-0.05, 0) is 36.0 Å². The molecule has 0 radical (unpaired) electrons. The van der Waals surface area contributed by atoms with E-state index in [-0.39, 0.29) is 10.8 Å². The number of carbonyl (C=O) groups excluding carboxylic acids is 1. The molecular formula is C15H20O. The maximum atomic E-state index is 12.4. The van der Waals surface area contributed by atoms with Gasteiger partial charge in [-0.15, -0.1) is 0 Å². The highest BCUT2D eigenvalue weighted by molar-refractivity contribution is 5.94. The molecule has 86 valence electrons. The summed E-state index contributed by atoms with van der Waals surface area (Å²) in [6.07, 6.45) is 3.24. The van der Waals surface area contributed by atoms with Crippen molar-refractivity contribution >= 4 is 5.78 Å². The molecule has 5 atom stereocenters. The Morgan fingerprint density at radius 2 is 2.00 bits per heavy atom. The largest absolute Gasteiger partial charge is 0.299 e. The highest BCUT2D eigenvalue weighted by Crippen LogP contribution is 2.92. The van der Waals surface area contributed by atoms with Crippen LogP contribution < -0.4 is 0 Å². The summed E-state index contributed by atoms with van der Waals surface area (Å²) in [6.45, 7) is 11.3. The molecule has 4 saturated carbocycles. The number of carbonyl (C=O) groups is 1. The van der Waals surface area contributed by atoms with Crippen LogP contribution in [-0.2, 0) is 4.79 Å². The number of allylic oxidation sites excluding steroid dienone is 1.